The van der Waals surface area contributed by atoms with Crippen LogP contribution in [0.4, 0.5) is 13.2 Å². The molecule has 1 heterocycles. The SMILES string of the molecule is CC1(C)CC(=O)[C@@H]2C(C(F)(F)F)=NN[C@H]2C1. The molecule has 90 valence electrons. The molecule has 0 bridgehead atoms. The Morgan fingerprint density at radius 3 is 2.62 bits per heavy atom. The third-order valence-electron chi connectivity index (χ3n) is 3.11. The van der Waals surface area contributed by atoms with Gasteiger partial charge in [0.05, 0.1) is 12.0 Å². The van der Waals surface area contributed by atoms with Crippen LogP contribution in [0.2, 0.25) is 0 Å². The number of nitrogens with one attached hydrogen (secondary N) is 1. The molecular formula is C10H13F3N2O. The summed E-state index contributed by atoms with van der Waals surface area (Å²) in [5.41, 5.74) is 1.24. The molecule has 0 unspecified atom stereocenters. The monoisotopic (exact) mass is 234 g/mol. The maximum Gasteiger partial charge on any atom is 0.431 e. The number of hydrazone groups is 1. The molecule has 16 heavy (non-hydrogen) atoms. The number of nitrogens with zero attached hydrogens (tertiary/aromatic N) is 1. The highest BCUT2D eigenvalue weighted by Gasteiger charge is 2.54. The average Bonchev–Trinajstić information content (AvgIpc) is 2.43. The Morgan fingerprint density at radius 2 is 2.06 bits per heavy atom. The third-order valence-corrected chi connectivity index (χ3v) is 3.11. The highest BCUT2D eigenvalue weighted by molar-refractivity contribution is 6.09. The Bertz CT molecular complexity index is 360. The quantitative estimate of drug-likeness (QED) is 0.695. The van der Waals surface area contributed by atoms with E-state index in [1.807, 2.05) is 13.8 Å². The van der Waals surface area contributed by atoms with E-state index >= 15 is 0 Å². The van der Waals surface area contributed by atoms with Gasteiger partial charge in [-0.05, 0) is 11.8 Å². The minimum Gasteiger partial charge on any atom is -0.306 e. The summed E-state index contributed by atoms with van der Waals surface area (Å²) in [6.07, 6.45) is -3.79. The largest absolute Gasteiger partial charge is 0.431 e. The molecule has 0 saturated heterocycles. The Hall–Kier alpha value is -1.07. The van der Waals surface area contributed by atoms with E-state index in [4.69, 9.17) is 0 Å². The van der Waals surface area contributed by atoms with Crippen LogP contribution in [-0.4, -0.2) is 23.7 Å². The summed E-state index contributed by atoms with van der Waals surface area (Å²) in [7, 11) is 0. The van der Waals surface area contributed by atoms with Crippen molar-refractivity contribution in [2.75, 3.05) is 0 Å². The first-order chi connectivity index (χ1) is 7.21. The Balaban J connectivity index is 2.25. The molecule has 6 heteroatoms. The topological polar surface area (TPSA) is 41.5 Å². The molecule has 2 aliphatic rings. The van der Waals surface area contributed by atoms with Gasteiger partial charge in [0.1, 0.15) is 5.78 Å². The van der Waals surface area contributed by atoms with Crippen molar-refractivity contribution in [2.45, 2.75) is 38.9 Å². The maximum atomic E-state index is 12.6. The number of rotatable bonds is 0. The number of Topliss-reactive ketones (excluding diaryl/α,β-unsaturated/α-hetero) is 1. The van der Waals surface area contributed by atoms with Gasteiger partial charge in [-0.15, -0.1) is 0 Å². The molecular weight excluding hydrogens is 221 g/mol. The predicted molar refractivity (Wildman–Crippen MR) is 51.9 cm³/mol. The van der Waals surface area contributed by atoms with Gasteiger partial charge in [0.15, 0.2) is 5.71 Å². The lowest BCUT2D eigenvalue weighted by atomic mass is 9.69. The van der Waals surface area contributed by atoms with Gasteiger partial charge in [-0.2, -0.15) is 18.3 Å². The Kier molecular flexibility index (Phi) is 2.29. The number of hydrogen-bond donors (Lipinski definition) is 1. The summed E-state index contributed by atoms with van der Waals surface area (Å²) >= 11 is 0. The number of hydrogen-bond acceptors (Lipinski definition) is 3. The van der Waals surface area contributed by atoms with Gasteiger partial charge < -0.3 is 5.43 Å². The molecule has 1 saturated carbocycles. The van der Waals surface area contributed by atoms with E-state index in [9.17, 15) is 18.0 Å². The second-order valence-corrected chi connectivity index (χ2v) is 5.22. The smallest absolute Gasteiger partial charge is 0.306 e. The summed E-state index contributed by atoms with van der Waals surface area (Å²) in [6, 6.07) is -0.493. The average molecular weight is 234 g/mol. The third kappa shape index (κ3) is 1.81. The summed E-state index contributed by atoms with van der Waals surface area (Å²) in [6.45, 7) is 3.77. The minimum atomic E-state index is -4.51. The second-order valence-electron chi connectivity index (χ2n) is 5.22. The lowest BCUT2D eigenvalue weighted by molar-refractivity contribution is -0.127. The van der Waals surface area contributed by atoms with Crippen molar-refractivity contribution in [1.82, 2.24) is 5.43 Å². The van der Waals surface area contributed by atoms with Crippen LogP contribution >= 0.6 is 0 Å². The summed E-state index contributed by atoms with van der Waals surface area (Å²) in [5, 5.41) is 3.29. The maximum absolute atomic E-state index is 12.6. The van der Waals surface area contributed by atoms with Crippen molar-refractivity contribution in [3.63, 3.8) is 0 Å². The van der Waals surface area contributed by atoms with Gasteiger partial charge in [0, 0.05) is 6.42 Å². The molecule has 1 fully saturated rings. The number of halogens is 3. The van der Waals surface area contributed by atoms with Crippen molar-refractivity contribution < 1.29 is 18.0 Å². The van der Waals surface area contributed by atoms with Crippen LogP contribution in [0.3, 0.4) is 0 Å². The fraction of sp³-hybridized carbons (Fsp3) is 0.800. The number of carbonyl (C=O) groups excluding carboxylic acids is 1. The van der Waals surface area contributed by atoms with Crippen molar-refractivity contribution in [3.8, 4) is 0 Å². The molecule has 0 radical (unpaired) electrons. The first-order valence-corrected chi connectivity index (χ1v) is 5.14. The lowest BCUT2D eigenvalue weighted by Gasteiger charge is -2.36. The standard InChI is InChI=1S/C10H13F3N2O/c1-9(2)3-5-7(6(16)4-9)8(15-14-5)10(11,12)13/h5,7,14H,3-4H2,1-2H3/t5-,7+/m0/s1. The van der Waals surface area contributed by atoms with Crippen LogP contribution in [-0.2, 0) is 4.79 Å². The van der Waals surface area contributed by atoms with E-state index in [0.29, 0.717) is 6.42 Å². The lowest BCUT2D eigenvalue weighted by Crippen LogP contribution is -2.47. The first kappa shape index (κ1) is 11.4. The van der Waals surface area contributed by atoms with Gasteiger partial charge in [0.2, 0.25) is 0 Å². The molecule has 3 nitrogen and oxygen atoms in total. The molecule has 1 aliphatic heterocycles. The van der Waals surface area contributed by atoms with E-state index in [1.54, 1.807) is 0 Å². The zero-order chi connectivity index (χ0) is 12.1. The van der Waals surface area contributed by atoms with Gasteiger partial charge in [0.25, 0.3) is 0 Å². The van der Waals surface area contributed by atoms with E-state index < -0.39 is 23.8 Å². The fourth-order valence-corrected chi connectivity index (χ4v) is 2.52. The number of ketones is 1. The molecule has 2 rings (SSSR count). The van der Waals surface area contributed by atoms with E-state index in [0.717, 1.165) is 0 Å². The van der Waals surface area contributed by atoms with Crippen LogP contribution in [0.25, 0.3) is 0 Å². The molecule has 0 aromatic heterocycles. The first-order valence-electron chi connectivity index (χ1n) is 5.14. The molecule has 0 amide bonds. The van der Waals surface area contributed by atoms with Crippen LogP contribution in [0.1, 0.15) is 26.7 Å². The molecule has 1 aliphatic carbocycles. The molecule has 2 atom stereocenters. The summed E-state index contributed by atoms with van der Waals surface area (Å²) in [5.74, 6) is -1.46. The summed E-state index contributed by atoms with van der Waals surface area (Å²) < 4.78 is 37.7. The predicted octanol–water partition coefficient (Wildman–Crippen LogP) is 1.88. The zero-order valence-electron chi connectivity index (χ0n) is 9.06. The summed E-state index contributed by atoms with van der Waals surface area (Å²) in [4.78, 5) is 11.7. The van der Waals surface area contributed by atoms with Crippen LogP contribution in [0, 0.1) is 11.3 Å². The molecule has 0 spiro atoms. The number of alkyl halides is 3. The minimum absolute atomic E-state index is 0.185. The Morgan fingerprint density at radius 1 is 1.44 bits per heavy atom. The normalized spacial score (nSPS) is 33.1. The van der Waals surface area contributed by atoms with Crippen molar-refractivity contribution in [2.24, 2.45) is 16.4 Å². The van der Waals surface area contributed by atoms with Crippen LogP contribution in [0.5, 0.6) is 0 Å². The van der Waals surface area contributed by atoms with Crippen LogP contribution < -0.4 is 5.43 Å². The van der Waals surface area contributed by atoms with Gasteiger partial charge in [-0.25, -0.2) is 0 Å². The zero-order valence-corrected chi connectivity index (χ0v) is 9.06. The van der Waals surface area contributed by atoms with Crippen molar-refractivity contribution >= 4 is 11.5 Å². The van der Waals surface area contributed by atoms with E-state index in [2.05, 4.69) is 10.5 Å². The fourth-order valence-electron chi connectivity index (χ4n) is 2.52. The highest BCUT2D eigenvalue weighted by Crippen LogP contribution is 2.41. The van der Waals surface area contributed by atoms with Gasteiger partial charge in [-0.1, -0.05) is 13.8 Å². The van der Waals surface area contributed by atoms with Crippen molar-refractivity contribution in [1.29, 1.82) is 0 Å². The number of fused-ring (bicyclic) bond motifs is 1. The second kappa shape index (κ2) is 3.21. The molecule has 1 N–H and O–H groups in total. The van der Waals surface area contributed by atoms with Gasteiger partial charge >= 0.3 is 6.18 Å². The van der Waals surface area contributed by atoms with Crippen LogP contribution in [0.15, 0.2) is 5.10 Å². The molecule has 0 aromatic rings. The Labute approximate surface area is 91.1 Å². The van der Waals surface area contributed by atoms with Crippen molar-refractivity contribution in [3.05, 3.63) is 0 Å². The number of carbonyl (C=O) groups is 1. The van der Waals surface area contributed by atoms with Gasteiger partial charge in [-0.3, -0.25) is 4.79 Å². The van der Waals surface area contributed by atoms with E-state index in [1.165, 1.54) is 0 Å². The highest BCUT2D eigenvalue weighted by atomic mass is 19.4. The van der Waals surface area contributed by atoms with E-state index in [-0.39, 0.29) is 17.6 Å². The molecule has 0 aromatic carbocycles.